The third kappa shape index (κ3) is 5.13. The Morgan fingerprint density at radius 3 is 2.35 bits per heavy atom. The van der Waals surface area contributed by atoms with Crippen LogP contribution in [-0.4, -0.2) is 45.8 Å². The average molecular weight is 306 g/mol. The number of aliphatic hydroxyl groups is 1. The van der Waals surface area contributed by atoms with Crippen LogP contribution in [0.2, 0.25) is 0 Å². The topological polar surface area (TPSA) is 49.8 Å². The fourth-order valence-corrected chi connectivity index (χ4v) is 2.89. The zero-order valence-electron chi connectivity index (χ0n) is 13.1. The Kier molecular flexibility index (Phi) is 6.59. The van der Waals surface area contributed by atoms with E-state index in [9.17, 15) is 9.90 Å². The molecule has 1 saturated carbocycles. The number of hydrogen-bond acceptors (Lipinski definition) is 3. The van der Waals surface area contributed by atoms with Crippen LogP contribution >= 0.6 is 11.6 Å². The number of ether oxygens (including phenoxy) is 1. The molecule has 4 nitrogen and oxygen atoms in total. The van der Waals surface area contributed by atoms with Crippen molar-refractivity contribution in [1.29, 1.82) is 0 Å². The molecule has 20 heavy (non-hydrogen) atoms. The number of amides is 1. The quantitative estimate of drug-likeness (QED) is 0.808. The number of carbonyl (C=O) groups excluding carboxylic acids is 1. The number of aliphatic hydroxyl groups excluding tert-OH is 1. The van der Waals surface area contributed by atoms with Gasteiger partial charge < -0.3 is 9.84 Å². The van der Waals surface area contributed by atoms with Gasteiger partial charge in [0, 0.05) is 6.04 Å². The molecule has 5 heteroatoms. The monoisotopic (exact) mass is 305 g/mol. The molecule has 1 amide bonds. The van der Waals surface area contributed by atoms with Crippen LogP contribution in [0, 0.1) is 0 Å². The van der Waals surface area contributed by atoms with Gasteiger partial charge in [-0.15, -0.1) is 11.6 Å². The SMILES string of the molecule is CC([C@H](O)CCl)N(C(=O)OC(C)(C)C)C1CCCCC1. The molecule has 0 aliphatic heterocycles. The lowest BCUT2D eigenvalue weighted by Gasteiger charge is -2.40. The van der Waals surface area contributed by atoms with Crippen molar-refractivity contribution in [3.05, 3.63) is 0 Å². The van der Waals surface area contributed by atoms with Gasteiger partial charge in [-0.25, -0.2) is 4.79 Å². The van der Waals surface area contributed by atoms with Crippen LogP contribution in [0.3, 0.4) is 0 Å². The van der Waals surface area contributed by atoms with Gasteiger partial charge in [0.2, 0.25) is 0 Å². The van der Waals surface area contributed by atoms with Crippen LogP contribution in [0.15, 0.2) is 0 Å². The summed E-state index contributed by atoms with van der Waals surface area (Å²) in [4.78, 5) is 14.2. The number of nitrogens with zero attached hydrogens (tertiary/aromatic N) is 1. The van der Waals surface area contributed by atoms with Crippen molar-refractivity contribution in [2.45, 2.75) is 83.6 Å². The van der Waals surface area contributed by atoms with Crippen molar-refractivity contribution in [3.8, 4) is 0 Å². The number of hydrogen-bond donors (Lipinski definition) is 1. The minimum atomic E-state index is -0.730. The minimum absolute atomic E-state index is 0.118. The number of rotatable bonds is 4. The van der Waals surface area contributed by atoms with Crippen molar-refractivity contribution < 1.29 is 14.6 Å². The molecule has 0 radical (unpaired) electrons. The molecule has 1 aliphatic carbocycles. The summed E-state index contributed by atoms with van der Waals surface area (Å²) < 4.78 is 5.50. The molecule has 0 aromatic heterocycles. The van der Waals surface area contributed by atoms with Crippen molar-refractivity contribution in [1.82, 2.24) is 4.90 Å². The van der Waals surface area contributed by atoms with Crippen LogP contribution in [0.25, 0.3) is 0 Å². The molecule has 1 aliphatic rings. The molecule has 1 rings (SSSR count). The summed E-state index contributed by atoms with van der Waals surface area (Å²) >= 11 is 5.74. The van der Waals surface area contributed by atoms with Gasteiger partial charge in [0.05, 0.1) is 18.0 Å². The summed E-state index contributed by atoms with van der Waals surface area (Å²) in [7, 11) is 0. The number of alkyl halides is 1. The molecule has 0 aromatic carbocycles. The second-order valence-corrected chi connectivity index (χ2v) is 6.95. The summed E-state index contributed by atoms with van der Waals surface area (Å²) in [6.45, 7) is 7.40. The van der Waals surface area contributed by atoms with Gasteiger partial charge in [0.25, 0.3) is 0 Å². The van der Waals surface area contributed by atoms with Crippen LogP contribution in [0.5, 0.6) is 0 Å². The van der Waals surface area contributed by atoms with Crippen molar-refractivity contribution in [3.63, 3.8) is 0 Å². The van der Waals surface area contributed by atoms with Gasteiger partial charge in [0.1, 0.15) is 5.60 Å². The molecule has 0 heterocycles. The standard InChI is InChI=1S/C15H28ClNO3/c1-11(13(18)10-16)17(12-8-6-5-7-9-12)14(19)20-15(2,3)4/h11-13,18H,5-10H2,1-4H3/t11?,13-/m1/s1. The predicted molar refractivity (Wildman–Crippen MR) is 81.1 cm³/mol. The van der Waals surface area contributed by atoms with E-state index in [4.69, 9.17) is 16.3 Å². The third-order valence-electron chi connectivity index (χ3n) is 3.73. The highest BCUT2D eigenvalue weighted by Gasteiger charge is 2.35. The van der Waals surface area contributed by atoms with Crippen LogP contribution in [0.1, 0.15) is 59.8 Å². The largest absolute Gasteiger partial charge is 0.444 e. The van der Waals surface area contributed by atoms with Crippen molar-refractivity contribution in [2.24, 2.45) is 0 Å². The molecular weight excluding hydrogens is 278 g/mol. The summed E-state index contributed by atoms with van der Waals surface area (Å²) in [5.41, 5.74) is -0.532. The van der Waals surface area contributed by atoms with E-state index in [0.717, 1.165) is 25.7 Å². The van der Waals surface area contributed by atoms with Crippen molar-refractivity contribution >= 4 is 17.7 Å². The Morgan fingerprint density at radius 1 is 1.35 bits per heavy atom. The third-order valence-corrected chi connectivity index (χ3v) is 4.04. The van der Waals surface area contributed by atoms with E-state index in [2.05, 4.69) is 0 Å². The molecule has 1 fully saturated rings. The van der Waals surface area contributed by atoms with Crippen LogP contribution < -0.4 is 0 Å². The van der Waals surface area contributed by atoms with E-state index in [-0.39, 0.29) is 24.1 Å². The second-order valence-electron chi connectivity index (χ2n) is 6.64. The fourth-order valence-electron chi connectivity index (χ4n) is 2.64. The Bertz CT molecular complexity index is 309. The lowest BCUT2D eigenvalue weighted by atomic mass is 9.93. The zero-order chi connectivity index (χ0) is 15.3. The zero-order valence-corrected chi connectivity index (χ0v) is 13.8. The molecule has 118 valence electrons. The Morgan fingerprint density at radius 2 is 1.90 bits per heavy atom. The summed E-state index contributed by atoms with van der Waals surface area (Å²) in [6.07, 6.45) is 4.32. The van der Waals surface area contributed by atoms with E-state index in [0.29, 0.717) is 0 Å². The molecule has 0 aromatic rings. The first kappa shape index (κ1) is 17.6. The van der Waals surface area contributed by atoms with Gasteiger partial charge >= 0.3 is 6.09 Å². The van der Waals surface area contributed by atoms with E-state index in [1.165, 1.54) is 6.42 Å². The lowest BCUT2D eigenvalue weighted by Crippen LogP contribution is -2.53. The first-order valence-electron chi connectivity index (χ1n) is 7.51. The molecule has 0 saturated heterocycles. The molecule has 0 spiro atoms. The Hall–Kier alpha value is -0.480. The predicted octanol–water partition coefficient (Wildman–Crippen LogP) is 3.54. The smallest absolute Gasteiger partial charge is 0.410 e. The summed E-state index contributed by atoms with van der Waals surface area (Å²) in [5.74, 6) is 0.118. The summed E-state index contributed by atoms with van der Waals surface area (Å²) in [5, 5.41) is 9.99. The molecule has 2 atom stereocenters. The minimum Gasteiger partial charge on any atom is -0.444 e. The highest BCUT2D eigenvalue weighted by molar-refractivity contribution is 6.18. The van der Waals surface area contributed by atoms with Gasteiger partial charge in [-0.3, -0.25) is 4.90 Å². The van der Waals surface area contributed by atoms with E-state index in [1.54, 1.807) is 4.90 Å². The maximum Gasteiger partial charge on any atom is 0.410 e. The van der Waals surface area contributed by atoms with Crippen molar-refractivity contribution in [2.75, 3.05) is 5.88 Å². The number of halogens is 1. The molecule has 1 N–H and O–H groups in total. The molecule has 0 bridgehead atoms. The van der Waals surface area contributed by atoms with Gasteiger partial charge in [-0.05, 0) is 40.5 Å². The maximum atomic E-state index is 12.5. The highest BCUT2D eigenvalue weighted by Crippen LogP contribution is 2.27. The summed E-state index contributed by atoms with van der Waals surface area (Å²) in [6, 6.07) is -0.183. The first-order valence-corrected chi connectivity index (χ1v) is 8.05. The average Bonchev–Trinajstić information content (AvgIpc) is 2.37. The molecular formula is C15H28ClNO3. The van der Waals surface area contributed by atoms with Gasteiger partial charge in [-0.1, -0.05) is 19.3 Å². The normalized spacial score (nSPS) is 20.3. The highest BCUT2D eigenvalue weighted by atomic mass is 35.5. The molecule has 1 unspecified atom stereocenters. The van der Waals surface area contributed by atoms with Gasteiger partial charge in [0.15, 0.2) is 0 Å². The van der Waals surface area contributed by atoms with E-state index in [1.807, 2.05) is 27.7 Å². The van der Waals surface area contributed by atoms with E-state index < -0.39 is 11.7 Å². The van der Waals surface area contributed by atoms with E-state index >= 15 is 0 Å². The van der Waals surface area contributed by atoms with Gasteiger partial charge in [-0.2, -0.15) is 0 Å². The fraction of sp³-hybridized carbons (Fsp3) is 0.933. The maximum absolute atomic E-state index is 12.5. The first-order chi connectivity index (χ1) is 9.26. The van der Waals surface area contributed by atoms with Crippen LogP contribution in [-0.2, 0) is 4.74 Å². The van der Waals surface area contributed by atoms with Crippen LogP contribution in [0.4, 0.5) is 4.79 Å². The number of carbonyl (C=O) groups is 1. The Labute approximate surface area is 127 Å². The second kappa shape index (κ2) is 7.51. The lowest BCUT2D eigenvalue weighted by molar-refractivity contribution is -0.0170. The Balaban J connectivity index is 2.85.